The Labute approximate surface area is 143 Å². The van der Waals surface area contributed by atoms with Crippen LogP contribution in [0.1, 0.15) is 32.8 Å². The number of aliphatic hydroxyl groups excluding tert-OH is 1. The maximum Gasteiger partial charge on any atom is 0.410 e. The fourth-order valence-corrected chi connectivity index (χ4v) is 2.15. The normalized spacial score (nSPS) is 13.7. The molecule has 0 saturated heterocycles. The van der Waals surface area contributed by atoms with E-state index < -0.39 is 23.8 Å². The maximum atomic E-state index is 12.2. The van der Waals surface area contributed by atoms with Crippen molar-refractivity contribution in [2.24, 2.45) is 5.73 Å². The molecule has 0 unspecified atom stereocenters. The molecule has 0 saturated carbocycles. The third-order valence-corrected chi connectivity index (χ3v) is 3.36. The number of hydrogen-bond acceptors (Lipinski definition) is 5. The van der Waals surface area contributed by atoms with Crippen LogP contribution in [0, 0.1) is 11.3 Å². The van der Waals surface area contributed by atoms with Gasteiger partial charge in [-0.1, -0.05) is 30.3 Å². The number of benzene rings is 1. The van der Waals surface area contributed by atoms with Crippen LogP contribution in [0.25, 0.3) is 0 Å². The predicted octanol–water partition coefficient (Wildman–Crippen LogP) is 2.07. The van der Waals surface area contributed by atoms with Crippen molar-refractivity contribution in [3.63, 3.8) is 0 Å². The van der Waals surface area contributed by atoms with Crippen molar-refractivity contribution in [2.75, 3.05) is 13.1 Å². The van der Waals surface area contributed by atoms with Gasteiger partial charge in [-0.25, -0.2) is 4.79 Å². The number of carbonyl (C=O) groups excluding carboxylic acids is 1. The van der Waals surface area contributed by atoms with Gasteiger partial charge in [-0.05, 0) is 32.8 Å². The number of nitrogens with zero attached hydrogens (tertiary/aromatic N) is 2. The lowest BCUT2D eigenvalue weighted by Crippen LogP contribution is -2.48. The highest BCUT2D eigenvalue weighted by Crippen LogP contribution is 2.12. The second-order valence-corrected chi connectivity index (χ2v) is 6.76. The fraction of sp³-hybridized carbons (Fsp3) is 0.556. The molecule has 24 heavy (non-hydrogen) atoms. The SMILES string of the molecule is CC(C)(C)OC(=O)N(CCC#N)C[C@@H](O)[C@@H](N)Cc1ccccc1. The molecule has 3 N–H and O–H groups in total. The summed E-state index contributed by atoms with van der Waals surface area (Å²) in [5, 5.41) is 19.1. The first-order valence-corrected chi connectivity index (χ1v) is 8.05. The van der Waals surface area contributed by atoms with Gasteiger partial charge < -0.3 is 20.5 Å². The first-order valence-electron chi connectivity index (χ1n) is 8.05. The van der Waals surface area contributed by atoms with Gasteiger partial charge in [0.1, 0.15) is 5.60 Å². The van der Waals surface area contributed by atoms with Crippen LogP contribution in [0.15, 0.2) is 30.3 Å². The predicted molar refractivity (Wildman–Crippen MR) is 92.2 cm³/mol. The molecule has 6 heteroatoms. The zero-order chi connectivity index (χ0) is 18.2. The minimum absolute atomic E-state index is 0.0323. The number of nitrogens with two attached hydrogens (primary N) is 1. The number of carbonyl (C=O) groups is 1. The van der Waals surface area contributed by atoms with Crippen LogP contribution in [0.4, 0.5) is 4.79 Å². The fourth-order valence-electron chi connectivity index (χ4n) is 2.15. The molecule has 0 aliphatic rings. The number of nitriles is 1. The van der Waals surface area contributed by atoms with Crippen molar-refractivity contribution < 1.29 is 14.6 Å². The Hall–Kier alpha value is -2.10. The second kappa shape index (κ2) is 9.26. The number of hydrogen-bond donors (Lipinski definition) is 2. The van der Waals surface area contributed by atoms with E-state index in [9.17, 15) is 9.90 Å². The molecule has 0 aromatic heterocycles. The Morgan fingerprint density at radius 1 is 1.38 bits per heavy atom. The van der Waals surface area contributed by atoms with Gasteiger partial charge in [0.25, 0.3) is 0 Å². The van der Waals surface area contributed by atoms with E-state index in [0.29, 0.717) is 6.42 Å². The van der Waals surface area contributed by atoms with Crippen molar-refractivity contribution in [1.29, 1.82) is 5.26 Å². The molecule has 0 heterocycles. The lowest BCUT2D eigenvalue weighted by molar-refractivity contribution is 0.0125. The van der Waals surface area contributed by atoms with Gasteiger partial charge in [-0.3, -0.25) is 0 Å². The summed E-state index contributed by atoms with van der Waals surface area (Å²) in [7, 11) is 0. The largest absolute Gasteiger partial charge is 0.444 e. The van der Waals surface area contributed by atoms with Gasteiger partial charge in [0, 0.05) is 12.6 Å². The van der Waals surface area contributed by atoms with Gasteiger partial charge in [0.05, 0.1) is 25.1 Å². The topological polar surface area (TPSA) is 99.6 Å². The molecule has 0 aliphatic carbocycles. The van der Waals surface area contributed by atoms with Crippen LogP contribution in [-0.2, 0) is 11.2 Å². The monoisotopic (exact) mass is 333 g/mol. The van der Waals surface area contributed by atoms with E-state index in [0.717, 1.165) is 5.56 Å². The summed E-state index contributed by atoms with van der Waals surface area (Å²) in [6, 6.07) is 11.1. The molecule has 0 radical (unpaired) electrons. The van der Waals surface area contributed by atoms with E-state index in [2.05, 4.69) is 0 Å². The molecule has 132 valence electrons. The number of aliphatic hydroxyl groups is 1. The van der Waals surface area contributed by atoms with Gasteiger partial charge in [0.15, 0.2) is 0 Å². The minimum atomic E-state index is -0.906. The summed E-state index contributed by atoms with van der Waals surface area (Å²) in [4.78, 5) is 13.6. The molecule has 1 aromatic rings. The maximum absolute atomic E-state index is 12.2. The molecular formula is C18H27N3O3. The molecule has 0 fully saturated rings. The Balaban J connectivity index is 2.67. The molecule has 0 spiro atoms. The highest BCUT2D eigenvalue weighted by Gasteiger charge is 2.26. The second-order valence-electron chi connectivity index (χ2n) is 6.76. The average molecular weight is 333 g/mol. The van der Waals surface area contributed by atoms with Crippen LogP contribution < -0.4 is 5.73 Å². The van der Waals surface area contributed by atoms with Crippen molar-refractivity contribution >= 4 is 6.09 Å². The number of ether oxygens (including phenoxy) is 1. The summed E-state index contributed by atoms with van der Waals surface area (Å²) in [5.74, 6) is 0. The zero-order valence-corrected chi connectivity index (χ0v) is 14.6. The quantitative estimate of drug-likeness (QED) is 0.795. The van der Waals surface area contributed by atoms with Crippen LogP contribution >= 0.6 is 0 Å². The van der Waals surface area contributed by atoms with Gasteiger partial charge in [-0.15, -0.1) is 0 Å². The van der Waals surface area contributed by atoms with Gasteiger partial charge in [0.2, 0.25) is 0 Å². The molecule has 1 rings (SSSR count). The average Bonchev–Trinajstić information content (AvgIpc) is 2.50. The number of amides is 1. The van der Waals surface area contributed by atoms with Crippen molar-refractivity contribution in [2.45, 2.75) is 51.4 Å². The standard InChI is InChI=1S/C18H27N3O3/c1-18(2,3)24-17(23)21(11-7-10-19)13-16(22)15(20)12-14-8-5-4-6-9-14/h4-6,8-9,15-16,22H,7,11-13,20H2,1-3H3/t15-,16+/m0/s1. The molecule has 2 atom stereocenters. The lowest BCUT2D eigenvalue weighted by Gasteiger charge is -2.30. The third-order valence-electron chi connectivity index (χ3n) is 3.36. The smallest absolute Gasteiger partial charge is 0.410 e. The van der Waals surface area contributed by atoms with E-state index in [1.807, 2.05) is 36.4 Å². The van der Waals surface area contributed by atoms with E-state index in [1.165, 1.54) is 4.90 Å². The van der Waals surface area contributed by atoms with Gasteiger partial charge in [-0.2, -0.15) is 5.26 Å². The molecule has 1 amide bonds. The molecule has 1 aromatic carbocycles. The Kier molecular flexibility index (Phi) is 7.69. The van der Waals surface area contributed by atoms with E-state index in [-0.39, 0.29) is 19.5 Å². The molecular weight excluding hydrogens is 306 g/mol. The Morgan fingerprint density at radius 3 is 2.54 bits per heavy atom. The summed E-state index contributed by atoms with van der Waals surface area (Å²) in [5.41, 5.74) is 6.44. The first-order chi connectivity index (χ1) is 11.2. The van der Waals surface area contributed by atoms with Crippen LogP contribution in [0.3, 0.4) is 0 Å². The molecule has 6 nitrogen and oxygen atoms in total. The van der Waals surface area contributed by atoms with E-state index in [1.54, 1.807) is 20.8 Å². The number of rotatable bonds is 7. The summed E-state index contributed by atoms with van der Waals surface area (Å²) >= 11 is 0. The Bertz CT molecular complexity index is 549. The van der Waals surface area contributed by atoms with Crippen molar-refractivity contribution in [1.82, 2.24) is 4.90 Å². The van der Waals surface area contributed by atoms with Crippen LogP contribution in [0.5, 0.6) is 0 Å². The van der Waals surface area contributed by atoms with E-state index in [4.69, 9.17) is 15.7 Å². The first kappa shape index (κ1) is 19.9. The lowest BCUT2D eigenvalue weighted by atomic mass is 10.0. The molecule has 0 aliphatic heterocycles. The van der Waals surface area contributed by atoms with Crippen molar-refractivity contribution in [3.8, 4) is 6.07 Å². The van der Waals surface area contributed by atoms with Gasteiger partial charge >= 0.3 is 6.09 Å². The summed E-state index contributed by atoms with van der Waals surface area (Å²) in [6.07, 6.45) is -0.789. The highest BCUT2D eigenvalue weighted by atomic mass is 16.6. The third kappa shape index (κ3) is 7.44. The summed E-state index contributed by atoms with van der Waals surface area (Å²) in [6.45, 7) is 5.53. The molecule has 0 bridgehead atoms. The van der Waals surface area contributed by atoms with Crippen LogP contribution in [0.2, 0.25) is 0 Å². The Morgan fingerprint density at radius 2 is 2.00 bits per heavy atom. The van der Waals surface area contributed by atoms with Crippen molar-refractivity contribution in [3.05, 3.63) is 35.9 Å². The minimum Gasteiger partial charge on any atom is -0.444 e. The zero-order valence-electron chi connectivity index (χ0n) is 14.6. The van der Waals surface area contributed by atoms with Crippen LogP contribution in [-0.4, -0.2) is 46.9 Å². The highest BCUT2D eigenvalue weighted by molar-refractivity contribution is 5.68. The van der Waals surface area contributed by atoms with E-state index >= 15 is 0 Å². The summed E-state index contributed by atoms with van der Waals surface area (Å²) < 4.78 is 5.32.